The molecule has 4 rings (SSSR count). The minimum absolute atomic E-state index is 0.0673. The fraction of sp³-hybridized carbons (Fsp3) is 0.462. The zero-order chi connectivity index (χ0) is 27.9. The molecular formula is C26H32BN5O6S. The summed E-state index contributed by atoms with van der Waals surface area (Å²) in [4.78, 5) is 62.2. The van der Waals surface area contributed by atoms with Crippen molar-refractivity contribution in [3.05, 3.63) is 60.2 Å². The summed E-state index contributed by atoms with van der Waals surface area (Å²) < 4.78 is 11.3. The highest BCUT2D eigenvalue weighted by Crippen LogP contribution is 2.26. The molecule has 1 aromatic heterocycles. The Balaban J connectivity index is 1.56. The van der Waals surface area contributed by atoms with Crippen LogP contribution in [0.2, 0.25) is 0 Å². The summed E-state index contributed by atoms with van der Waals surface area (Å²) in [5.74, 6) is -1.84. The van der Waals surface area contributed by atoms with Crippen LogP contribution in [0.25, 0.3) is 0 Å². The van der Waals surface area contributed by atoms with E-state index in [0.717, 1.165) is 5.56 Å². The molecule has 39 heavy (non-hydrogen) atoms. The Labute approximate surface area is 232 Å². The molecule has 0 saturated carbocycles. The van der Waals surface area contributed by atoms with E-state index in [-0.39, 0.29) is 18.0 Å². The lowest BCUT2D eigenvalue weighted by atomic mass is 9.73. The molecule has 0 aliphatic carbocycles. The number of likely N-dealkylation sites (N-methyl/N-ethyl adjacent to an activating group) is 1. The smallest absolute Gasteiger partial charge is 0.497 e. The van der Waals surface area contributed by atoms with Crippen molar-refractivity contribution in [1.82, 2.24) is 25.5 Å². The van der Waals surface area contributed by atoms with Crippen LogP contribution in [0.3, 0.4) is 0 Å². The molecule has 2 aromatic rings. The number of carbonyl (C=O) groups excluding carboxylic acids is 4. The minimum Gasteiger partial charge on any atom is -0.497 e. The van der Waals surface area contributed by atoms with Gasteiger partial charge in [0.2, 0.25) is 5.91 Å². The van der Waals surface area contributed by atoms with Gasteiger partial charge in [-0.05, 0) is 24.9 Å². The predicted molar refractivity (Wildman–Crippen MR) is 145 cm³/mol. The molecule has 1 aromatic carbocycles. The third-order valence-corrected chi connectivity index (χ3v) is 7.73. The number of nitrogens with zero attached hydrogens (tertiary/aromatic N) is 3. The van der Waals surface area contributed by atoms with Crippen LogP contribution >= 0.6 is 11.8 Å². The summed E-state index contributed by atoms with van der Waals surface area (Å²) in [7, 11) is 0.408. The molecule has 2 aliphatic rings. The Morgan fingerprint density at radius 3 is 2.33 bits per heavy atom. The number of hydrogen-bond donors (Lipinski definition) is 2. The molecule has 2 N–H and O–H groups in total. The number of nitrogens with one attached hydrogen (secondary N) is 2. The van der Waals surface area contributed by atoms with E-state index in [1.54, 1.807) is 11.9 Å². The first-order chi connectivity index (χ1) is 18.7. The van der Waals surface area contributed by atoms with Gasteiger partial charge in [-0.3, -0.25) is 29.1 Å². The predicted octanol–water partition coefficient (Wildman–Crippen LogP) is 0.892. The van der Waals surface area contributed by atoms with Crippen molar-refractivity contribution in [1.29, 1.82) is 0 Å². The highest BCUT2D eigenvalue weighted by atomic mass is 32.2. The van der Waals surface area contributed by atoms with Crippen LogP contribution in [-0.4, -0.2) is 88.4 Å². The monoisotopic (exact) mass is 553 g/mol. The van der Waals surface area contributed by atoms with Crippen molar-refractivity contribution in [3.8, 4) is 0 Å². The standard InChI is InChI=1S/C26H32BN5O6S/c1-16(2)11-22(27-37-25(35)20-14-39-15-21(32(20)3)26(36)38-27)31-23(33)18(12-17-7-5-4-6-8-17)30-24(34)19-13-28-9-10-29-19/h4-10,13,16,18,20-22H,11-12,14-15H2,1-3H3,(H,30,34)(H,31,33)/t18?,20-,21-,22?/m0/s1. The van der Waals surface area contributed by atoms with E-state index in [1.807, 2.05) is 44.2 Å². The highest BCUT2D eigenvalue weighted by Gasteiger charge is 2.48. The first-order valence-corrected chi connectivity index (χ1v) is 14.0. The average molecular weight is 553 g/mol. The van der Waals surface area contributed by atoms with Crippen molar-refractivity contribution in [2.24, 2.45) is 5.92 Å². The maximum Gasteiger partial charge on any atom is 0.622 e. The number of benzene rings is 1. The van der Waals surface area contributed by atoms with Gasteiger partial charge < -0.3 is 19.9 Å². The number of amides is 2. The lowest BCUT2D eigenvalue weighted by molar-refractivity contribution is -0.153. The molecule has 2 fully saturated rings. The van der Waals surface area contributed by atoms with Gasteiger partial charge in [-0.2, -0.15) is 11.8 Å². The molecule has 11 nitrogen and oxygen atoms in total. The summed E-state index contributed by atoms with van der Waals surface area (Å²) in [6.07, 6.45) is 4.72. The molecule has 2 aliphatic heterocycles. The van der Waals surface area contributed by atoms with E-state index in [0.29, 0.717) is 17.9 Å². The zero-order valence-electron chi connectivity index (χ0n) is 22.1. The quantitative estimate of drug-likeness (QED) is 0.431. The SMILES string of the molecule is CC(C)CC(NC(=O)C(Cc1ccccc1)NC(=O)c1cnccn1)B1OC(=O)[C@@H]2CSC[C@@H](C(=O)O1)N2C. The van der Waals surface area contributed by atoms with Gasteiger partial charge in [0.25, 0.3) is 5.91 Å². The van der Waals surface area contributed by atoms with Crippen LogP contribution in [0.1, 0.15) is 36.3 Å². The van der Waals surface area contributed by atoms with Gasteiger partial charge in [-0.1, -0.05) is 44.2 Å². The van der Waals surface area contributed by atoms with Gasteiger partial charge in [0.05, 0.1) is 12.1 Å². The Kier molecular flexibility index (Phi) is 9.57. The topological polar surface area (TPSA) is 140 Å². The molecule has 2 amide bonds. The lowest BCUT2D eigenvalue weighted by Crippen LogP contribution is -2.63. The molecule has 13 heteroatoms. The minimum atomic E-state index is -1.30. The third-order valence-electron chi connectivity index (χ3n) is 6.63. The number of hydrogen-bond acceptors (Lipinski definition) is 10. The molecule has 2 bridgehead atoms. The van der Waals surface area contributed by atoms with Gasteiger partial charge in [0.15, 0.2) is 0 Å². The summed E-state index contributed by atoms with van der Waals surface area (Å²) in [6, 6.07) is 7.09. The second kappa shape index (κ2) is 13.1. The maximum atomic E-state index is 13.7. The first-order valence-electron chi connectivity index (χ1n) is 12.8. The van der Waals surface area contributed by atoms with E-state index in [4.69, 9.17) is 9.31 Å². The molecule has 0 spiro atoms. The van der Waals surface area contributed by atoms with Crippen LogP contribution in [0.15, 0.2) is 48.9 Å². The normalized spacial score (nSPS) is 21.2. The number of rotatable bonds is 9. The second-order valence-corrected chi connectivity index (χ2v) is 11.1. The van der Waals surface area contributed by atoms with Gasteiger partial charge >= 0.3 is 19.1 Å². The number of fused-ring (bicyclic) bond motifs is 2. The molecule has 2 saturated heterocycles. The average Bonchev–Trinajstić information content (AvgIpc) is 2.92. The van der Waals surface area contributed by atoms with E-state index < -0.39 is 54.9 Å². The van der Waals surface area contributed by atoms with Crippen molar-refractivity contribution in [2.45, 2.75) is 50.8 Å². The van der Waals surface area contributed by atoms with Gasteiger partial charge in [-0.25, -0.2) is 4.98 Å². The molecule has 206 valence electrons. The fourth-order valence-corrected chi connectivity index (χ4v) is 5.85. The summed E-state index contributed by atoms with van der Waals surface area (Å²) in [5, 5.41) is 5.64. The Morgan fingerprint density at radius 2 is 1.74 bits per heavy atom. The third kappa shape index (κ3) is 7.36. The zero-order valence-corrected chi connectivity index (χ0v) is 22.9. The highest BCUT2D eigenvalue weighted by molar-refractivity contribution is 7.99. The van der Waals surface area contributed by atoms with Gasteiger partial charge in [0, 0.05) is 30.3 Å². The second-order valence-electron chi connectivity index (χ2n) is 10.0. The summed E-state index contributed by atoms with van der Waals surface area (Å²) >= 11 is 1.50. The maximum absolute atomic E-state index is 13.7. The van der Waals surface area contributed by atoms with Gasteiger partial charge in [-0.15, -0.1) is 0 Å². The fourth-order valence-electron chi connectivity index (χ4n) is 4.52. The summed E-state index contributed by atoms with van der Waals surface area (Å²) in [6.45, 7) is 3.89. The largest absolute Gasteiger partial charge is 0.622 e. The number of carbonyl (C=O) groups is 4. The van der Waals surface area contributed by atoms with E-state index in [2.05, 4.69) is 20.6 Å². The molecule has 3 heterocycles. The van der Waals surface area contributed by atoms with Crippen LogP contribution in [-0.2, 0) is 30.1 Å². The Bertz CT molecular complexity index is 1150. The first kappa shape index (κ1) is 28.6. The van der Waals surface area contributed by atoms with Gasteiger partial charge in [0.1, 0.15) is 23.8 Å². The van der Waals surface area contributed by atoms with Crippen LogP contribution in [0, 0.1) is 5.92 Å². The molecule has 2 unspecified atom stereocenters. The number of aromatic nitrogens is 2. The molecule has 0 radical (unpaired) electrons. The Hall–Kier alpha value is -3.45. The van der Waals surface area contributed by atoms with Crippen molar-refractivity contribution in [2.75, 3.05) is 18.6 Å². The van der Waals surface area contributed by atoms with E-state index in [1.165, 1.54) is 30.4 Å². The number of thioether (sulfide) groups is 1. The van der Waals surface area contributed by atoms with Crippen molar-refractivity contribution in [3.63, 3.8) is 0 Å². The van der Waals surface area contributed by atoms with E-state index in [9.17, 15) is 19.2 Å². The lowest BCUT2D eigenvalue weighted by Gasteiger charge is -2.40. The van der Waals surface area contributed by atoms with Crippen LogP contribution in [0.4, 0.5) is 0 Å². The van der Waals surface area contributed by atoms with Crippen LogP contribution in [0.5, 0.6) is 0 Å². The van der Waals surface area contributed by atoms with Crippen LogP contribution < -0.4 is 10.6 Å². The van der Waals surface area contributed by atoms with E-state index >= 15 is 0 Å². The molecular weight excluding hydrogens is 521 g/mol. The van der Waals surface area contributed by atoms with Crippen molar-refractivity contribution >= 4 is 42.6 Å². The Morgan fingerprint density at radius 1 is 1.08 bits per heavy atom. The van der Waals surface area contributed by atoms with Crippen molar-refractivity contribution < 1.29 is 28.5 Å². The summed E-state index contributed by atoms with van der Waals surface area (Å²) in [5.41, 5.74) is 0.896. The molecule has 4 atom stereocenters.